The van der Waals surface area contributed by atoms with Crippen LogP contribution in [0.4, 0.5) is 4.39 Å². The second-order valence-electron chi connectivity index (χ2n) is 4.37. The van der Waals surface area contributed by atoms with Crippen molar-refractivity contribution >= 4 is 16.3 Å². The zero-order valence-electron chi connectivity index (χ0n) is 10.4. The molecule has 0 bridgehead atoms. The predicted molar refractivity (Wildman–Crippen MR) is 73.8 cm³/mol. The Hall–Kier alpha value is -1.79. The molecule has 0 aliphatic carbocycles. The maximum atomic E-state index is 13.3. The van der Waals surface area contributed by atoms with Crippen LogP contribution in [0.1, 0.15) is 11.3 Å². The van der Waals surface area contributed by atoms with Crippen LogP contribution in [-0.4, -0.2) is 21.1 Å². The van der Waals surface area contributed by atoms with E-state index in [0.29, 0.717) is 12.1 Å². The van der Waals surface area contributed by atoms with E-state index in [9.17, 15) is 4.39 Å². The molecule has 0 saturated heterocycles. The minimum atomic E-state index is -0.199. The van der Waals surface area contributed by atoms with Gasteiger partial charge in [0.2, 0.25) is 4.96 Å². The molecule has 1 aromatic carbocycles. The SMILES string of the molecule is Cc1cc(-c2nn3cc(CCN)nc3s2)ccc1F. The number of fused-ring (bicyclic) bond motifs is 1. The summed E-state index contributed by atoms with van der Waals surface area (Å²) in [6.45, 7) is 2.33. The minimum absolute atomic E-state index is 0.199. The van der Waals surface area contributed by atoms with E-state index >= 15 is 0 Å². The molecule has 4 nitrogen and oxygen atoms in total. The fourth-order valence-corrected chi connectivity index (χ4v) is 2.80. The summed E-state index contributed by atoms with van der Waals surface area (Å²) in [5.74, 6) is -0.199. The van der Waals surface area contributed by atoms with Crippen LogP contribution in [0.15, 0.2) is 24.4 Å². The topological polar surface area (TPSA) is 56.2 Å². The number of nitrogens with two attached hydrogens (primary N) is 1. The maximum Gasteiger partial charge on any atom is 0.212 e. The first-order chi connectivity index (χ1) is 9.17. The van der Waals surface area contributed by atoms with E-state index in [4.69, 9.17) is 5.73 Å². The van der Waals surface area contributed by atoms with Crippen LogP contribution in [0.3, 0.4) is 0 Å². The Morgan fingerprint density at radius 3 is 2.95 bits per heavy atom. The summed E-state index contributed by atoms with van der Waals surface area (Å²) >= 11 is 1.49. The smallest absolute Gasteiger partial charge is 0.212 e. The van der Waals surface area contributed by atoms with Crippen molar-refractivity contribution < 1.29 is 4.39 Å². The van der Waals surface area contributed by atoms with Crippen molar-refractivity contribution in [3.63, 3.8) is 0 Å². The van der Waals surface area contributed by atoms with Gasteiger partial charge in [0, 0.05) is 12.0 Å². The fourth-order valence-electron chi connectivity index (χ4n) is 1.91. The van der Waals surface area contributed by atoms with E-state index in [-0.39, 0.29) is 5.82 Å². The summed E-state index contributed by atoms with van der Waals surface area (Å²) in [6.07, 6.45) is 2.64. The first-order valence-corrected chi connectivity index (χ1v) is 6.80. The summed E-state index contributed by atoms with van der Waals surface area (Å²) in [4.78, 5) is 5.29. The number of hydrogen-bond donors (Lipinski definition) is 1. The van der Waals surface area contributed by atoms with Crippen molar-refractivity contribution in [3.8, 4) is 10.6 Å². The average molecular weight is 276 g/mol. The number of imidazole rings is 1. The molecule has 6 heteroatoms. The third kappa shape index (κ3) is 2.24. The summed E-state index contributed by atoms with van der Waals surface area (Å²) in [6, 6.07) is 5.00. The van der Waals surface area contributed by atoms with E-state index in [1.165, 1.54) is 17.4 Å². The van der Waals surface area contributed by atoms with Gasteiger partial charge < -0.3 is 5.73 Å². The number of halogens is 1. The maximum absolute atomic E-state index is 13.3. The van der Waals surface area contributed by atoms with Crippen LogP contribution >= 0.6 is 11.3 Å². The summed E-state index contributed by atoms with van der Waals surface area (Å²) < 4.78 is 15.0. The van der Waals surface area contributed by atoms with Gasteiger partial charge in [-0.15, -0.1) is 0 Å². The lowest BCUT2D eigenvalue weighted by molar-refractivity contribution is 0.619. The molecular formula is C13H13FN4S. The van der Waals surface area contributed by atoms with Crippen molar-refractivity contribution in [2.75, 3.05) is 6.54 Å². The Morgan fingerprint density at radius 2 is 2.26 bits per heavy atom. The highest BCUT2D eigenvalue weighted by molar-refractivity contribution is 7.19. The molecule has 0 aliphatic rings. The molecule has 2 N–H and O–H groups in total. The van der Waals surface area contributed by atoms with Crippen LogP contribution in [0, 0.1) is 12.7 Å². The lowest BCUT2D eigenvalue weighted by atomic mass is 10.1. The monoisotopic (exact) mass is 276 g/mol. The summed E-state index contributed by atoms with van der Waals surface area (Å²) in [5, 5.41) is 5.30. The van der Waals surface area contributed by atoms with Gasteiger partial charge in [0.05, 0.1) is 11.9 Å². The van der Waals surface area contributed by atoms with Crippen LogP contribution in [0.2, 0.25) is 0 Å². The number of hydrogen-bond acceptors (Lipinski definition) is 4. The van der Waals surface area contributed by atoms with Gasteiger partial charge in [-0.05, 0) is 37.2 Å². The average Bonchev–Trinajstić information content (AvgIpc) is 2.91. The number of rotatable bonds is 3. The van der Waals surface area contributed by atoms with Crippen LogP contribution in [0.5, 0.6) is 0 Å². The van der Waals surface area contributed by atoms with Gasteiger partial charge in [0.25, 0.3) is 0 Å². The molecule has 0 aliphatic heterocycles. The zero-order chi connectivity index (χ0) is 13.4. The number of aryl methyl sites for hydroxylation is 1. The van der Waals surface area contributed by atoms with E-state index in [2.05, 4.69) is 10.1 Å². The molecule has 0 amide bonds. The first-order valence-electron chi connectivity index (χ1n) is 5.99. The Bertz CT molecular complexity index is 700. The summed E-state index contributed by atoms with van der Waals surface area (Å²) in [5.41, 5.74) is 7.98. The van der Waals surface area contributed by atoms with Crippen LogP contribution < -0.4 is 5.73 Å². The standard InChI is InChI=1S/C13H13FN4S/c1-8-6-9(2-3-11(8)14)12-17-18-7-10(4-5-15)16-13(18)19-12/h2-3,6-7H,4-5,15H2,1H3. The fraction of sp³-hybridized carbons (Fsp3) is 0.231. The summed E-state index contributed by atoms with van der Waals surface area (Å²) in [7, 11) is 0. The Balaban J connectivity index is 2.00. The third-order valence-electron chi connectivity index (χ3n) is 2.90. The zero-order valence-corrected chi connectivity index (χ0v) is 11.2. The molecule has 3 aromatic rings. The predicted octanol–water partition coefficient (Wildman–Crippen LogP) is 2.41. The molecule has 2 heterocycles. The third-order valence-corrected chi connectivity index (χ3v) is 3.87. The van der Waals surface area contributed by atoms with Crippen LogP contribution in [0.25, 0.3) is 15.5 Å². The Kier molecular flexibility index (Phi) is 3.04. The van der Waals surface area contributed by atoms with Crippen molar-refractivity contribution in [1.29, 1.82) is 0 Å². The molecule has 19 heavy (non-hydrogen) atoms. The molecule has 0 saturated carbocycles. The Morgan fingerprint density at radius 1 is 1.42 bits per heavy atom. The normalized spacial score (nSPS) is 11.3. The lowest BCUT2D eigenvalue weighted by Crippen LogP contribution is -2.02. The van der Waals surface area contributed by atoms with Crippen LogP contribution in [-0.2, 0) is 6.42 Å². The molecular weight excluding hydrogens is 263 g/mol. The highest BCUT2D eigenvalue weighted by atomic mass is 32.1. The number of nitrogens with zero attached hydrogens (tertiary/aromatic N) is 3. The second kappa shape index (κ2) is 4.71. The van der Waals surface area contributed by atoms with E-state index in [1.54, 1.807) is 23.6 Å². The Labute approximate surface area is 113 Å². The van der Waals surface area contributed by atoms with E-state index in [0.717, 1.165) is 27.6 Å². The molecule has 0 fully saturated rings. The molecule has 2 aromatic heterocycles. The molecule has 0 unspecified atom stereocenters. The van der Waals surface area contributed by atoms with Crippen molar-refractivity contribution in [2.45, 2.75) is 13.3 Å². The molecule has 3 rings (SSSR count). The number of benzene rings is 1. The quantitative estimate of drug-likeness (QED) is 0.799. The first kappa shape index (κ1) is 12.3. The highest BCUT2D eigenvalue weighted by Crippen LogP contribution is 2.27. The van der Waals surface area contributed by atoms with Gasteiger partial charge >= 0.3 is 0 Å². The minimum Gasteiger partial charge on any atom is -0.330 e. The van der Waals surface area contributed by atoms with Gasteiger partial charge in [0.1, 0.15) is 10.8 Å². The van der Waals surface area contributed by atoms with Crippen molar-refractivity contribution in [2.24, 2.45) is 5.73 Å². The molecule has 0 radical (unpaired) electrons. The van der Waals surface area contributed by atoms with Crippen molar-refractivity contribution in [1.82, 2.24) is 14.6 Å². The second-order valence-corrected chi connectivity index (χ2v) is 5.33. The van der Waals surface area contributed by atoms with Gasteiger partial charge in [-0.1, -0.05) is 11.3 Å². The van der Waals surface area contributed by atoms with E-state index in [1.807, 2.05) is 6.20 Å². The molecule has 0 spiro atoms. The van der Waals surface area contributed by atoms with Crippen molar-refractivity contribution in [3.05, 3.63) is 41.5 Å². The van der Waals surface area contributed by atoms with Gasteiger partial charge in [0.15, 0.2) is 0 Å². The molecule has 0 atom stereocenters. The van der Waals surface area contributed by atoms with Gasteiger partial charge in [-0.3, -0.25) is 0 Å². The van der Waals surface area contributed by atoms with Gasteiger partial charge in [-0.25, -0.2) is 13.9 Å². The molecule has 98 valence electrons. The highest BCUT2D eigenvalue weighted by Gasteiger charge is 2.10. The van der Waals surface area contributed by atoms with Gasteiger partial charge in [-0.2, -0.15) is 5.10 Å². The lowest BCUT2D eigenvalue weighted by Gasteiger charge is -1.98. The number of aromatic nitrogens is 3. The largest absolute Gasteiger partial charge is 0.330 e. The van der Waals surface area contributed by atoms with E-state index < -0.39 is 0 Å².